The first-order chi connectivity index (χ1) is 14.0. The van der Waals surface area contributed by atoms with E-state index in [1.807, 2.05) is 38.1 Å². The summed E-state index contributed by atoms with van der Waals surface area (Å²) < 4.78 is 18.9. The number of urea groups is 1. The van der Waals surface area contributed by atoms with Gasteiger partial charge in [-0.1, -0.05) is 24.3 Å². The molecule has 1 atom stereocenters. The van der Waals surface area contributed by atoms with Crippen molar-refractivity contribution in [2.45, 2.75) is 51.9 Å². The Morgan fingerprint density at radius 2 is 1.86 bits per heavy atom. The van der Waals surface area contributed by atoms with Crippen LogP contribution in [0.2, 0.25) is 0 Å². The minimum Gasteiger partial charge on any atom is -0.491 e. The fraction of sp³-hybridized carbons (Fsp3) is 0.435. The molecule has 2 aromatic carbocycles. The largest absolute Gasteiger partial charge is 0.491 e. The third-order valence-corrected chi connectivity index (χ3v) is 4.92. The second-order valence-electron chi connectivity index (χ2n) is 7.77. The van der Waals surface area contributed by atoms with Crippen LogP contribution in [0, 0.1) is 5.82 Å². The normalized spacial score (nSPS) is 16.1. The van der Waals surface area contributed by atoms with E-state index in [1.54, 1.807) is 17.0 Å². The molecule has 1 saturated heterocycles. The number of carbonyl (C=O) groups is 1. The number of carbonyl (C=O) groups excluding carboxylic acids is 1. The van der Waals surface area contributed by atoms with Gasteiger partial charge in [-0.25, -0.2) is 9.18 Å². The van der Waals surface area contributed by atoms with Crippen molar-refractivity contribution in [3.8, 4) is 5.75 Å². The lowest BCUT2D eigenvalue weighted by atomic mass is 10.1. The molecule has 1 aliphatic rings. The summed E-state index contributed by atoms with van der Waals surface area (Å²) in [5, 5.41) is 6.45. The van der Waals surface area contributed by atoms with E-state index in [0.717, 1.165) is 36.3 Å². The van der Waals surface area contributed by atoms with Gasteiger partial charge in [0, 0.05) is 25.7 Å². The molecule has 3 rings (SSSR count). The van der Waals surface area contributed by atoms with Crippen LogP contribution in [0.25, 0.3) is 0 Å². The Labute approximate surface area is 172 Å². The Morgan fingerprint density at radius 3 is 2.48 bits per heavy atom. The van der Waals surface area contributed by atoms with Gasteiger partial charge >= 0.3 is 6.03 Å². The molecule has 1 heterocycles. The summed E-state index contributed by atoms with van der Waals surface area (Å²) in [6.45, 7) is 6.49. The van der Waals surface area contributed by atoms with Gasteiger partial charge in [-0.3, -0.25) is 0 Å². The zero-order chi connectivity index (χ0) is 20.6. The van der Waals surface area contributed by atoms with Crippen LogP contribution in [0.4, 0.5) is 9.18 Å². The molecule has 1 aliphatic heterocycles. The Morgan fingerprint density at radius 1 is 1.17 bits per heavy atom. The molecule has 29 heavy (non-hydrogen) atoms. The van der Waals surface area contributed by atoms with E-state index in [4.69, 9.17) is 4.74 Å². The van der Waals surface area contributed by atoms with Gasteiger partial charge in [0.15, 0.2) is 0 Å². The number of nitrogens with zero attached hydrogens (tertiary/aromatic N) is 1. The van der Waals surface area contributed by atoms with Crippen LogP contribution >= 0.6 is 0 Å². The lowest BCUT2D eigenvalue weighted by molar-refractivity contribution is 0.189. The maximum absolute atomic E-state index is 13.2. The molecule has 6 heteroatoms. The topological polar surface area (TPSA) is 53.6 Å². The van der Waals surface area contributed by atoms with Crippen molar-refractivity contribution in [1.82, 2.24) is 15.5 Å². The van der Waals surface area contributed by atoms with Crippen LogP contribution < -0.4 is 15.4 Å². The van der Waals surface area contributed by atoms with Crippen molar-refractivity contribution >= 4 is 6.03 Å². The molecule has 2 aromatic rings. The lowest BCUT2D eigenvalue weighted by Gasteiger charge is -2.26. The molecule has 0 unspecified atom stereocenters. The van der Waals surface area contributed by atoms with Crippen molar-refractivity contribution in [3.63, 3.8) is 0 Å². The van der Waals surface area contributed by atoms with Gasteiger partial charge in [-0.2, -0.15) is 0 Å². The Balaban J connectivity index is 1.59. The number of hydrogen-bond donors (Lipinski definition) is 2. The van der Waals surface area contributed by atoms with Gasteiger partial charge in [0.05, 0.1) is 6.10 Å². The van der Waals surface area contributed by atoms with Crippen molar-refractivity contribution < 1.29 is 13.9 Å². The smallest absolute Gasteiger partial charge is 0.318 e. The van der Waals surface area contributed by atoms with Gasteiger partial charge in [0.1, 0.15) is 11.6 Å². The predicted molar refractivity (Wildman–Crippen MR) is 112 cm³/mol. The highest BCUT2D eigenvalue weighted by Crippen LogP contribution is 2.15. The summed E-state index contributed by atoms with van der Waals surface area (Å²) in [5.41, 5.74) is 1.92. The maximum atomic E-state index is 13.2. The molecule has 5 nitrogen and oxygen atoms in total. The minimum absolute atomic E-state index is 0.120. The molecular formula is C23H30FN3O2. The second kappa shape index (κ2) is 10.3. The average molecular weight is 400 g/mol. The van der Waals surface area contributed by atoms with E-state index >= 15 is 0 Å². The number of amides is 2. The quantitative estimate of drug-likeness (QED) is 0.703. The Bertz CT molecular complexity index is 772. The van der Waals surface area contributed by atoms with E-state index < -0.39 is 0 Å². The van der Waals surface area contributed by atoms with Gasteiger partial charge in [-0.05, 0) is 68.6 Å². The number of rotatable bonds is 8. The number of halogens is 1. The molecule has 1 fully saturated rings. The van der Waals surface area contributed by atoms with E-state index in [0.29, 0.717) is 25.7 Å². The average Bonchev–Trinajstić information content (AvgIpc) is 3.21. The summed E-state index contributed by atoms with van der Waals surface area (Å²) >= 11 is 0. The number of ether oxygens (including phenoxy) is 1. The predicted octanol–water partition coefficient (Wildman–Crippen LogP) is 4.08. The molecule has 156 valence electrons. The van der Waals surface area contributed by atoms with Gasteiger partial charge < -0.3 is 20.3 Å². The van der Waals surface area contributed by atoms with Crippen LogP contribution in [0.5, 0.6) is 5.75 Å². The van der Waals surface area contributed by atoms with E-state index in [2.05, 4.69) is 10.6 Å². The summed E-state index contributed by atoms with van der Waals surface area (Å²) in [4.78, 5) is 14.7. The highest BCUT2D eigenvalue weighted by atomic mass is 19.1. The minimum atomic E-state index is -0.271. The van der Waals surface area contributed by atoms with Crippen molar-refractivity contribution in [3.05, 3.63) is 65.5 Å². The molecule has 0 aromatic heterocycles. The van der Waals surface area contributed by atoms with Crippen LogP contribution in [-0.2, 0) is 13.1 Å². The molecule has 0 radical (unpaired) electrons. The summed E-state index contributed by atoms with van der Waals surface area (Å²) in [7, 11) is 0. The van der Waals surface area contributed by atoms with Gasteiger partial charge in [0.25, 0.3) is 0 Å². The van der Waals surface area contributed by atoms with E-state index in [1.165, 1.54) is 12.1 Å². The highest BCUT2D eigenvalue weighted by Gasteiger charge is 2.21. The Kier molecular flexibility index (Phi) is 7.47. The number of nitrogens with one attached hydrogen (secondary N) is 2. The molecule has 0 bridgehead atoms. The van der Waals surface area contributed by atoms with E-state index in [9.17, 15) is 9.18 Å². The highest BCUT2D eigenvalue weighted by molar-refractivity contribution is 5.74. The fourth-order valence-corrected chi connectivity index (χ4v) is 3.46. The summed E-state index contributed by atoms with van der Waals surface area (Å²) in [6.07, 6.45) is 2.32. The summed E-state index contributed by atoms with van der Waals surface area (Å²) in [6, 6.07) is 14.2. The molecule has 2 amide bonds. The number of hydrogen-bond acceptors (Lipinski definition) is 3. The van der Waals surface area contributed by atoms with Crippen LogP contribution in [0.3, 0.4) is 0 Å². The first-order valence-electron chi connectivity index (χ1n) is 10.3. The monoisotopic (exact) mass is 399 g/mol. The van der Waals surface area contributed by atoms with Crippen molar-refractivity contribution in [2.24, 2.45) is 0 Å². The van der Waals surface area contributed by atoms with Crippen LogP contribution in [0.1, 0.15) is 37.8 Å². The Hall–Kier alpha value is -2.60. The SMILES string of the molecule is CC(C)Oc1ccc(CNC(=O)N(Cc2ccc(F)cc2)C[C@H]2CCCN2)cc1. The first kappa shape index (κ1) is 21.1. The maximum Gasteiger partial charge on any atom is 0.318 e. The molecular weight excluding hydrogens is 369 g/mol. The molecule has 0 saturated carbocycles. The number of benzene rings is 2. The zero-order valence-electron chi connectivity index (χ0n) is 17.2. The zero-order valence-corrected chi connectivity index (χ0v) is 17.2. The summed E-state index contributed by atoms with van der Waals surface area (Å²) in [5.74, 6) is 0.549. The van der Waals surface area contributed by atoms with Gasteiger partial charge in [0.2, 0.25) is 0 Å². The molecule has 2 N–H and O–H groups in total. The standard InChI is InChI=1S/C23H30FN3O2/c1-17(2)29-22-11-7-18(8-12-22)14-26-23(28)27(16-21-4-3-13-25-21)15-19-5-9-20(24)10-6-19/h5-12,17,21,25H,3-4,13-16H2,1-2H3,(H,26,28)/t21-/m1/s1. The van der Waals surface area contributed by atoms with Crippen LogP contribution in [0.15, 0.2) is 48.5 Å². The fourth-order valence-electron chi connectivity index (χ4n) is 3.46. The third kappa shape index (κ3) is 6.75. The van der Waals surface area contributed by atoms with Crippen LogP contribution in [-0.4, -0.2) is 36.2 Å². The second-order valence-corrected chi connectivity index (χ2v) is 7.77. The van der Waals surface area contributed by atoms with Gasteiger partial charge in [-0.15, -0.1) is 0 Å². The third-order valence-electron chi connectivity index (χ3n) is 4.92. The van der Waals surface area contributed by atoms with Crippen molar-refractivity contribution in [2.75, 3.05) is 13.1 Å². The molecule has 0 aliphatic carbocycles. The lowest BCUT2D eigenvalue weighted by Crippen LogP contribution is -2.45. The first-order valence-corrected chi connectivity index (χ1v) is 10.3. The van der Waals surface area contributed by atoms with E-state index in [-0.39, 0.29) is 18.0 Å². The molecule has 0 spiro atoms. The van der Waals surface area contributed by atoms with Crippen molar-refractivity contribution in [1.29, 1.82) is 0 Å².